The largest absolute Gasteiger partial charge is 0.310 e. The van der Waals surface area contributed by atoms with Crippen LogP contribution in [-0.4, -0.2) is 36.1 Å². The number of hydrogen-bond donors (Lipinski definition) is 1. The van der Waals surface area contributed by atoms with Crippen molar-refractivity contribution < 1.29 is 0 Å². The lowest BCUT2D eigenvalue weighted by Crippen LogP contribution is -2.35. The molecule has 2 saturated carbocycles. The molecule has 2 heteroatoms. The second-order valence-electron chi connectivity index (χ2n) is 7.27. The molecule has 0 spiro atoms. The third kappa shape index (κ3) is 1.53. The van der Waals surface area contributed by atoms with Crippen LogP contribution in [-0.2, 0) is 0 Å². The van der Waals surface area contributed by atoms with E-state index in [1.54, 1.807) is 0 Å². The molecule has 1 saturated heterocycles. The molecule has 1 N–H and O–H groups in total. The lowest BCUT2D eigenvalue weighted by atomic mass is 10.0. The topological polar surface area (TPSA) is 15.3 Å². The minimum absolute atomic E-state index is 0.515. The third-order valence-electron chi connectivity index (χ3n) is 5.58. The van der Waals surface area contributed by atoms with Crippen LogP contribution in [0.3, 0.4) is 0 Å². The van der Waals surface area contributed by atoms with Gasteiger partial charge in [-0.1, -0.05) is 27.7 Å². The first-order valence-corrected chi connectivity index (χ1v) is 6.93. The summed E-state index contributed by atoms with van der Waals surface area (Å²) >= 11 is 0. The minimum atomic E-state index is 0.515. The summed E-state index contributed by atoms with van der Waals surface area (Å²) in [6.07, 6.45) is 4.19. The Labute approximate surface area is 99.8 Å². The van der Waals surface area contributed by atoms with Crippen molar-refractivity contribution in [1.82, 2.24) is 10.2 Å². The van der Waals surface area contributed by atoms with Gasteiger partial charge in [0.2, 0.25) is 0 Å². The van der Waals surface area contributed by atoms with E-state index in [1.807, 2.05) is 0 Å². The number of rotatable bonds is 3. The fourth-order valence-corrected chi connectivity index (χ4v) is 3.82. The van der Waals surface area contributed by atoms with Crippen LogP contribution in [0.5, 0.6) is 0 Å². The van der Waals surface area contributed by atoms with Gasteiger partial charge in [-0.2, -0.15) is 0 Å². The van der Waals surface area contributed by atoms with Gasteiger partial charge in [-0.05, 0) is 30.1 Å². The van der Waals surface area contributed by atoms with Crippen LogP contribution in [0.25, 0.3) is 0 Å². The smallest absolute Gasteiger partial charge is 0.0210 e. The Morgan fingerprint density at radius 1 is 0.938 bits per heavy atom. The van der Waals surface area contributed by atoms with Gasteiger partial charge in [-0.3, -0.25) is 4.90 Å². The zero-order chi connectivity index (χ0) is 11.6. The Kier molecular flexibility index (Phi) is 2.23. The summed E-state index contributed by atoms with van der Waals surface area (Å²) in [5.41, 5.74) is 1.03. The highest BCUT2D eigenvalue weighted by Gasteiger charge is 2.67. The van der Waals surface area contributed by atoms with E-state index < -0.39 is 0 Å². The summed E-state index contributed by atoms with van der Waals surface area (Å²) in [7, 11) is 0. The van der Waals surface area contributed by atoms with Gasteiger partial charge >= 0.3 is 0 Å². The highest BCUT2D eigenvalue weighted by molar-refractivity contribution is 5.19. The monoisotopic (exact) mass is 222 g/mol. The predicted molar refractivity (Wildman–Crippen MR) is 67.5 cm³/mol. The molecule has 16 heavy (non-hydrogen) atoms. The Balaban J connectivity index is 1.58. The van der Waals surface area contributed by atoms with E-state index >= 15 is 0 Å². The highest BCUT2D eigenvalue weighted by atomic mass is 15.3. The van der Waals surface area contributed by atoms with Crippen LogP contribution >= 0.6 is 0 Å². The van der Waals surface area contributed by atoms with Crippen molar-refractivity contribution in [1.29, 1.82) is 0 Å². The van der Waals surface area contributed by atoms with Crippen LogP contribution in [0, 0.1) is 10.8 Å². The normalized spacial score (nSPS) is 37.9. The molecule has 3 rings (SSSR count). The van der Waals surface area contributed by atoms with E-state index in [0.717, 1.165) is 18.1 Å². The molecule has 1 unspecified atom stereocenters. The summed E-state index contributed by atoms with van der Waals surface area (Å²) in [5.74, 6) is 0. The van der Waals surface area contributed by atoms with Crippen LogP contribution in [0.2, 0.25) is 0 Å². The third-order valence-corrected chi connectivity index (χ3v) is 5.58. The molecule has 2 aliphatic carbocycles. The van der Waals surface area contributed by atoms with Crippen molar-refractivity contribution in [2.75, 3.05) is 13.1 Å². The quantitative estimate of drug-likeness (QED) is 0.788. The molecule has 0 aromatic heterocycles. The number of likely N-dealkylation sites (tertiary alicyclic amines) is 1. The van der Waals surface area contributed by atoms with Gasteiger partial charge in [-0.15, -0.1) is 0 Å². The first-order valence-electron chi connectivity index (χ1n) is 6.93. The second-order valence-corrected chi connectivity index (χ2v) is 7.27. The van der Waals surface area contributed by atoms with E-state index in [-0.39, 0.29) is 0 Å². The maximum absolute atomic E-state index is 3.78. The van der Waals surface area contributed by atoms with E-state index in [2.05, 4.69) is 37.9 Å². The molecule has 2 nitrogen and oxygen atoms in total. The van der Waals surface area contributed by atoms with Gasteiger partial charge in [-0.25, -0.2) is 0 Å². The van der Waals surface area contributed by atoms with E-state index in [4.69, 9.17) is 0 Å². The molecule has 0 bridgehead atoms. The Morgan fingerprint density at radius 2 is 1.56 bits per heavy atom. The van der Waals surface area contributed by atoms with E-state index in [1.165, 1.54) is 32.4 Å². The standard InChI is InChI=1S/C14H26N2/c1-13(2)12(14(13,3)4)16-8-7-11(9-16)15-10-5-6-10/h10-12,15H,5-9H2,1-4H3. The fourth-order valence-electron chi connectivity index (χ4n) is 3.82. The second kappa shape index (κ2) is 3.23. The van der Waals surface area contributed by atoms with Crippen molar-refractivity contribution in [3.05, 3.63) is 0 Å². The number of nitrogens with one attached hydrogen (secondary N) is 1. The first kappa shape index (κ1) is 11.0. The van der Waals surface area contributed by atoms with Crippen LogP contribution < -0.4 is 5.32 Å². The maximum atomic E-state index is 3.78. The molecule has 0 radical (unpaired) electrons. The average molecular weight is 222 g/mol. The summed E-state index contributed by atoms with van der Waals surface area (Å²) in [4.78, 5) is 2.74. The molecule has 0 aromatic rings. The molecule has 3 aliphatic rings. The molecule has 92 valence electrons. The lowest BCUT2D eigenvalue weighted by molar-refractivity contribution is 0.270. The van der Waals surface area contributed by atoms with Crippen molar-refractivity contribution >= 4 is 0 Å². The van der Waals surface area contributed by atoms with Gasteiger partial charge in [0.25, 0.3) is 0 Å². The Hall–Kier alpha value is -0.0800. The fraction of sp³-hybridized carbons (Fsp3) is 1.00. The van der Waals surface area contributed by atoms with Gasteiger partial charge in [0.05, 0.1) is 0 Å². The lowest BCUT2D eigenvalue weighted by Gasteiger charge is -2.19. The summed E-state index contributed by atoms with van der Waals surface area (Å²) in [5, 5.41) is 3.78. The molecule has 1 aliphatic heterocycles. The molecular weight excluding hydrogens is 196 g/mol. The van der Waals surface area contributed by atoms with Crippen LogP contribution in [0.4, 0.5) is 0 Å². The van der Waals surface area contributed by atoms with Crippen LogP contribution in [0.15, 0.2) is 0 Å². The maximum Gasteiger partial charge on any atom is 0.0210 e. The summed E-state index contributed by atoms with van der Waals surface area (Å²) < 4.78 is 0. The van der Waals surface area contributed by atoms with E-state index in [9.17, 15) is 0 Å². The highest BCUT2D eigenvalue weighted by Crippen LogP contribution is 2.65. The SMILES string of the molecule is CC1(C)C(N2CCC(NC3CC3)C2)C1(C)C. The van der Waals surface area contributed by atoms with Crippen LogP contribution in [0.1, 0.15) is 47.0 Å². The van der Waals surface area contributed by atoms with Crippen molar-refractivity contribution in [3.8, 4) is 0 Å². The molecule has 0 amide bonds. The van der Waals surface area contributed by atoms with Gasteiger partial charge in [0.15, 0.2) is 0 Å². The minimum Gasteiger partial charge on any atom is -0.310 e. The number of hydrogen-bond acceptors (Lipinski definition) is 2. The summed E-state index contributed by atoms with van der Waals surface area (Å²) in [6, 6.07) is 2.45. The van der Waals surface area contributed by atoms with Crippen molar-refractivity contribution in [2.24, 2.45) is 10.8 Å². The van der Waals surface area contributed by atoms with Crippen molar-refractivity contribution in [2.45, 2.75) is 65.1 Å². The zero-order valence-electron chi connectivity index (χ0n) is 11.2. The average Bonchev–Trinajstić information content (AvgIpc) is 2.95. The Morgan fingerprint density at radius 3 is 2.06 bits per heavy atom. The van der Waals surface area contributed by atoms with E-state index in [0.29, 0.717) is 10.8 Å². The zero-order valence-corrected chi connectivity index (χ0v) is 11.2. The van der Waals surface area contributed by atoms with Gasteiger partial charge in [0, 0.05) is 31.2 Å². The Bertz CT molecular complexity index is 277. The predicted octanol–water partition coefficient (Wildman–Crippen LogP) is 2.25. The molecule has 0 aromatic carbocycles. The van der Waals surface area contributed by atoms with Gasteiger partial charge < -0.3 is 5.32 Å². The molecule has 1 atom stereocenters. The molecule has 1 heterocycles. The van der Waals surface area contributed by atoms with Crippen molar-refractivity contribution in [3.63, 3.8) is 0 Å². The first-order chi connectivity index (χ1) is 7.43. The summed E-state index contributed by atoms with van der Waals surface area (Å²) in [6.45, 7) is 12.3. The van der Waals surface area contributed by atoms with Gasteiger partial charge in [0.1, 0.15) is 0 Å². The number of nitrogens with zero attached hydrogens (tertiary/aromatic N) is 1. The molecular formula is C14H26N2. The molecule has 3 fully saturated rings.